The number of aryl methyl sites for hydroxylation is 1. The van der Waals surface area contributed by atoms with Gasteiger partial charge in [-0.2, -0.15) is 10.1 Å². The van der Waals surface area contributed by atoms with Crippen molar-refractivity contribution in [3.8, 4) is 17.1 Å². The van der Waals surface area contributed by atoms with Gasteiger partial charge < -0.3 is 15.5 Å². The van der Waals surface area contributed by atoms with Gasteiger partial charge in [0.25, 0.3) is 0 Å². The molecule has 3 aromatic heterocycles. The minimum atomic E-state index is -0.349. The summed E-state index contributed by atoms with van der Waals surface area (Å²) < 4.78 is 9.84. The van der Waals surface area contributed by atoms with Crippen molar-refractivity contribution in [1.29, 1.82) is 0 Å². The fourth-order valence-corrected chi connectivity index (χ4v) is 3.98. The van der Waals surface area contributed by atoms with E-state index in [-0.39, 0.29) is 6.17 Å². The standard InChI is InChI=1S/C23H19N7O/c1-14-11-12-19(31-14)20-16(13-29(28-20)15-7-3-2-4-8-15)21-26-22(24)27-23-25-17-9-5-6-10-18(17)30(21)23/h2-13,21H,1H3,(H3,24,25,26,27). The molecule has 8 nitrogen and oxygen atoms in total. The van der Waals surface area contributed by atoms with Gasteiger partial charge in [-0.05, 0) is 43.3 Å². The van der Waals surface area contributed by atoms with E-state index in [4.69, 9.17) is 15.2 Å². The highest BCUT2D eigenvalue weighted by atomic mass is 16.3. The fraction of sp³-hybridized carbons (Fsp3) is 0.0870. The van der Waals surface area contributed by atoms with Gasteiger partial charge in [-0.1, -0.05) is 30.3 Å². The topological polar surface area (TPSA) is 99.2 Å². The first-order valence-corrected chi connectivity index (χ1v) is 9.97. The van der Waals surface area contributed by atoms with Crippen molar-refractivity contribution in [2.45, 2.75) is 13.1 Å². The number of para-hydroxylation sites is 3. The van der Waals surface area contributed by atoms with E-state index in [1.807, 2.05) is 89.1 Å². The third-order valence-electron chi connectivity index (χ3n) is 5.37. The van der Waals surface area contributed by atoms with Crippen molar-refractivity contribution in [3.63, 3.8) is 0 Å². The molecule has 0 radical (unpaired) electrons. The van der Waals surface area contributed by atoms with Crippen molar-refractivity contribution in [3.05, 3.63) is 84.3 Å². The van der Waals surface area contributed by atoms with E-state index in [0.29, 0.717) is 17.7 Å². The lowest BCUT2D eigenvalue weighted by Gasteiger charge is -2.25. The van der Waals surface area contributed by atoms with Crippen LogP contribution in [0.1, 0.15) is 17.5 Å². The number of aliphatic imine (C=N–C) groups is 1. The molecular weight excluding hydrogens is 390 g/mol. The van der Waals surface area contributed by atoms with Crippen LogP contribution in [0.4, 0.5) is 5.95 Å². The number of hydrogen-bond donors (Lipinski definition) is 2. The van der Waals surface area contributed by atoms with Crippen molar-refractivity contribution in [1.82, 2.24) is 24.6 Å². The maximum absolute atomic E-state index is 6.14. The predicted molar refractivity (Wildman–Crippen MR) is 118 cm³/mol. The average Bonchev–Trinajstić information content (AvgIpc) is 3.49. The number of nitrogens with two attached hydrogens (primary N) is 1. The Kier molecular flexibility index (Phi) is 3.73. The molecule has 0 spiro atoms. The van der Waals surface area contributed by atoms with Crippen molar-refractivity contribution in [2.24, 2.45) is 10.7 Å². The number of guanidine groups is 1. The first-order valence-electron chi connectivity index (χ1n) is 9.97. The predicted octanol–water partition coefficient (Wildman–Crippen LogP) is 3.89. The van der Waals surface area contributed by atoms with Gasteiger partial charge in [0.05, 0.1) is 16.7 Å². The lowest BCUT2D eigenvalue weighted by Crippen LogP contribution is -2.41. The number of imidazole rings is 1. The molecule has 0 amide bonds. The summed E-state index contributed by atoms with van der Waals surface area (Å²) in [6.07, 6.45) is 1.65. The summed E-state index contributed by atoms with van der Waals surface area (Å²) in [5.41, 5.74) is 10.5. The minimum absolute atomic E-state index is 0.307. The highest BCUT2D eigenvalue weighted by Gasteiger charge is 2.30. The van der Waals surface area contributed by atoms with Gasteiger partial charge in [0.15, 0.2) is 11.7 Å². The van der Waals surface area contributed by atoms with Crippen molar-refractivity contribution in [2.75, 3.05) is 0 Å². The monoisotopic (exact) mass is 409 g/mol. The Morgan fingerprint density at radius 3 is 2.61 bits per heavy atom. The Morgan fingerprint density at radius 2 is 1.81 bits per heavy atom. The van der Waals surface area contributed by atoms with Crippen LogP contribution in [-0.2, 0) is 0 Å². The smallest absolute Gasteiger partial charge is 0.235 e. The number of nitrogens with zero attached hydrogens (tertiary/aromatic N) is 5. The van der Waals surface area contributed by atoms with Crippen LogP contribution < -0.4 is 11.1 Å². The first-order chi connectivity index (χ1) is 15.2. The van der Waals surface area contributed by atoms with Gasteiger partial charge in [0, 0.05) is 11.8 Å². The highest BCUT2D eigenvalue weighted by Crippen LogP contribution is 2.36. The molecule has 1 unspecified atom stereocenters. The number of furan rings is 1. The largest absolute Gasteiger partial charge is 0.460 e. The van der Waals surface area contributed by atoms with Crippen LogP contribution in [0.5, 0.6) is 0 Å². The van der Waals surface area contributed by atoms with Gasteiger partial charge >= 0.3 is 0 Å². The summed E-state index contributed by atoms with van der Waals surface area (Å²) in [6, 6.07) is 21.8. The molecule has 5 aromatic rings. The van der Waals surface area contributed by atoms with E-state index in [1.54, 1.807) is 0 Å². The third-order valence-corrected chi connectivity index (χ3v) is 5.37. The molecule has 0 fully saturated rings. The highest BCUT2D eigenvalue weighted by molar-refractivity contribution is 5.86. The molecule has 8 heteroatoms. The van der Waals surface area contributed by atoms with Gasteiger partial charge in [0.1, 0.15) is 17.6 Å². The van der Waals surface area contributed by atoms with E-state index < -0.39 is 0 Å². The summed E-state index contributed by atoms with van der Waals surface area (Å²) >= 11 is 0. The Hall–Kier alpha value is -4.33. The molecular formula is C23H19N7O. The molecule has 0 saturated carbocycles. The van der Waals surface area contributed by atoms with Gasteiger partial charge in [0.2, 0.25) is 5.95 Å². The maximum atomic E-state index is 6.14. The number of benzene rings is 2. The second-order valence-corrected chi connectivity index (χ2v) is 7.44. The molecule has 1 atom stereocenters. The quantitative estimate of drug-likeness (QED) is 0.471. The molecule has 1 aliphatic rings. The van der Waals surface area contributed by atoms with Crippen LogP contribution >= 0.6 is 0 Å². The Balaban J connectivity index is 1.60. The number of hydrogen-bond acceptors (Lipinski definition) is 6. The second kappa shape index (κ2) is 6.60. The number of rotatable bonds is 3. The normalized spacial score (nSPS) is 15.5. The fourth-order valence-electron chi connectivity index (χ4n) is 3.98. The van der Waals surface area contributed by atoms with Gasteiger partial charge in [-0.3, -0.25) is 4.57 Å². The lowest BCUT2D eigenvalue weighted by molar-refractivity contribution is 0.533. The van der Waals surface area contributed by atoms with Crippen LogP contribution in [0.25, 0.3) is 28.2 Å². The summed E-state index contributed by atoms with van der Waals surface area (Å²) in [5.74, 6) is 2.37. The molecule has 4 heterocycles. The zero-order chi connectivity index (χ0) is 20.9. The average molecular weight is 409 g/mol. The van der Waals surface area contributed by atoms with Crippen LogP contribution in [0.15, 0.2) is 82.3 Å². The van der Waals surface area contributed by atoms with E-state index in [9.17, 15) is 0 Å². The lowest BCUT2D eigenvalue weighted by atomic mass is 10.1. The van der Waals surface area contributed by atoms with E-state index >= 15 is 0 Å². The SMILES string of the molecule is Cc1ccc(-c2nn(-c3ccccc3)cc2C2NC(N)=Nc3nc4ccccc4n32)o1. The summed E-state index contributed by atoms with van der Waals surface area (Å²) in [5, 5.41) is 8.17. The zero-order valence-electron chi connectivity index (χ0n) is 16.7. The molecule has 1 aliphatic heterocycles. The second-order valence-electron chi connectivity index (χ2n) is 7.44. The van der Waals surface area contributed by atoms with E-state index in [0.717, 1.165) is 33.7 Å². The Morgan fingerprint density at radius 1 is 1.00 bits per heavy atom. The van der Waals surface area contributed by atoms with Crippen molar-refractivity contribution < 1.29 is 4.42 Å². The number of nitrogens with one attached hydrogen (secondary N) is 1. The number of fused-ring (bicyclic) bond motifs is 3. The third kappa shape index (κ3) is 2.80. The molecule has 0 aliphatic carbocycles. The number of aromatic nitrogens is 4. The minimum Gasteiger partial charge on any atom is -0.460 e. The molecule has 152 valence electrons. The molecule has 0 bridgehead atoms. The van der Waals surface area contributed by atoms with E-state index in [2.05, 4.69) is 15.3 Å². The van der Waals surface area contributed by atoms with E-state index in [1.165, 1.54) is 0 Å². The molecule has 0 saturated heterocycles. The maximum Gasteiger partial charge on any atom is 0.235 e. The molecule has 2 aromatic carbocycles. The van der Waals surface area contributed by atoms with Gasteiger partial charge in [-0.25, -0.2) is 9.67 Å². The molecule has 6 rings (SSSR count). The van der Waals surface area contributed by atoms with Crippen molar-refractivity contribution >= 4 is 22.9 Å². The molecule has 3 N–H and O–H groups in total. The van der Waals surface area contributed by atoms with Crippen LogP contribution in [0.2, 0.25) is 0 Å². The molecule has 31 heavy (non-hydrogen) atoms. The van der Waals surface area contributed by atoms with Crippen LogP contribution in [0.3, 0.4) is 0 Å². The summed E-state index contributed by atoms with van der Waals surface area (Å²) in [7, 11) is 0. The summed E-state index contributed by atoms with van der Waals surface area (Å²) in [6.45, 7) is 1.92. The van der Waals surface area contributed by atoms with Crippen LogP contribution in [0, 0.1) is 6.92 Å². The Bertz CT molecular complexity index is 1440. The first kappa shape index (κ1) is 17.5. The zero-order valence-corrected chi connectivity index (χ0v) is 16.7. The van der Waals surface area contributed by atoms with Crippen LogP contribution in [-0.4, -0.2) is 25.3 Å². The Labute approximate surface area is 177 Å². The van der Waals surface area contributed by atoms with Gasteiger partial charge in [-0.15, -0.1) is 0 Å². The summed E-state index contributed by atoms with van der Waals surface area (Å²) in [4.78, 5) is 9.07.